The van der Waals surface area contributed by atoms with E-state index in [1.54, 1.807) is 0 Å². The molecule has 6 rings (SSSR count). The summed E-state index contributed by atoms with van der Waals surface area (Å²) in [6.07, 6.45) is 9.90. The van der Waals surface area contributed by atoms with Crippen LogP contribution in [0.15, 0.2) is 53.7 Å². The van der Waals surface area contributed by atoms with Crippen LogP contribution in [0.4, 0.5) is 15.9 Å². The molecule has 8 nitrogen and oxygen atoms in total. The minimum Gasteiger partial charge on any atom is -0.369 e. The molecule has 0 radical (unpaired) electrons. The van der Waals surface area contributed by atoms with Gasteiger partial charge in [0.1, 0.15) is 5.65 Å². The fourth-order valence-corrected chi connectivity index (χ4v) is 6.56. The van der Waals surface area contributed by atoms with E-state index < -0.39 is 5.82 Å². The third-order valence-corrected chi connectivity index (χ3v) is 8.87. The normalized spacial score (nSPS) is 17.5. The molecule has 0 N–H and O–H groups in total. The Labute approximate surface area is 253 Å². The highest BCUT2D eigenvalue weighted by Gasteiger charge is 2.28. The number of nitrogens with zero attached hydrogens (tertiary/aromatic N) is 7. The van der Waals surface area contributed by atoms with Crippen molar-refractivity contribution < 1.29 is 4.39 Å². The first-order chi connectivity index (χ1) is 20.8. The molecule has 0 aliphatic carbocycles. The number of pyridine rings is 4. The standard InChI is InChI=1S/C34H42FN7O/c1-23(2)42-21-27(32(43)30-17-31(35)34(38-33(30)42)39-13-5-6-14-39)20-41(19-26-11-12-36-25(4)16-26)29-8-7-15-40(22-29)28-10-9-24(3)37-18-28/h9-12,16-18,21,23,29H,5-8,13-15,19-20,22H2,1-4H3. The summed E-state index contributed by atoms with van der Waals surface area (Å²) in [5.41, 5.74) is 5.33. The number of anilines is 2. The van der Waals surface area contributed by atoms with Crippen LogP contribution in [-0.4, -0.2) is 56.6 Å². The molecule has 2 aliphatic heterocycles. The number of rotatable bonds is 8. The van der Waals surface area contributed by atoms with Gasteiger partial charge in [0.2, 0.25) is 0 Å². The zero-order chi connectivity index (χ0) is 30.1. The lowest BCUT2D eigenvalue weighted by atomic mass is 10.0. The van der Waals surface area contributed by atoms with Gasteiger partial charge in [-0.2, -0.15) is 0 Å². The third-order valence-electron chi connectivity index (χ3n) is 8.87. The molecule has 0 aromatic carbocycles. The van der Waals surface area contributed by atoms with Gasteiger partial charge in [-0.25, -0.2) is 9.37 Å². The van der Waals surface area contributed by atoms with Gasteiger partial charge in [-0.1, -0.05) is 0 Å². The SMILES string of the molecule is Cc1ccc(N2CCCC(N(Cc3ccnc(C)c3)Cc3cn(C(C)C)c4nc(N5CCCC5)c(F)cc4c3=O)C2)cn1. The number of aryl methyl sites for hydroxylation is 2. The van der Waals surface area contributed by atoms with E-state index in [-0.39, 0.29) is 17.5 Å². The predicted molar refractivity (Wildman–Crippen MR) is 170 cm³/mol. The van der Waals surface area contributed by atoms with Crippen molar-refractivity contribution in [2.45, 2.75) is 78.6 Å². The average Bonchev–Trinajstić information content (AvgIpc) is 3.53. The lowest BCUT2D eigenvalue weighted by Crippen LogP contribution is -2.48. The molecule has 9 heteroatoms. The van der Waals surface area contributed by atoms with Gasteiger partial charge in [-0.3, -0.25) is 19.7 Å². The van der Waals surface area contributed by atoms with Crippen molar-refractivity contribution in [3.8, 4) is 0 Å². The van der Waals surface area contributed by atoms with Gasteiger partial charge in [0.05, 0.1) is 17.3 Å². The van der Waals surface area contributed by atoms with Gasteiger partial charge in [0, 0.05) is 80.7 Å². The Morgan fingerprint density at radius 3 is 2.49 bits per heavy atom. The van der Waals surface area contributed by atoms with E-state index >= 15 is 4.39 Å². The van der Waals surface area contributed by atoms with Crippen molar-refractivity contribution in [2.24, 2.45) is 0 Å². The van der Waals surface area contributed by atoms with Crippen molar-refractivity contribution in [1.29, 1.82) is 0 Å². The second-order valence-electron chi connectivity index (χ2n) is 12.5. The maximum Gasteiger partial charge on any atom is 0.195 e. The maximum absolute atomic E-state index is 15.4. The zero-order valence-electron chi connectivity index (χ0n) is 25.8. The lowest BCUT2D eigenvalue weighted by molar-refractivity contribution is 0.158. The van der Waals surface area contributed by atoms with Crippen LogP contribution in [0, 0.1) is 19.7 Å². The summed E-state index contributed by atoms with van der Waals surface area (Å²) in [4.78, 5) is 34.5. The second-order valence-corrected chi connectivity index (χ2v) is 12.5. The molecule has 1 unspecified atom stereocenters. The summed E-state index contributed by atoms with van der Waals surface area (Å²) < 4.78 is 17.5. The number of aromatic nitrogens is 4. The van der Waals surface area contributed by atoms with Crippen molar-refractivity contribution >= 4 is 22.5 Å². The molecule has 43 heavy (non-hydrogen) atoms. The molecule has 0 amide bonds. The smallest absolute Gasteiger partial charge is 0.195 e. The summed E-state index contributed by atoms with van der Waals surface area (Å²) in [7, 11) is 0. The van der Waals surface area contributed by atoms with Gasteiger partial charge >= 0.3 is 0 Å². The van der Waals surface area contributed by atoms with Gasteiger partial charge in [-0.05, 0) is 89.3 Å². The second kappa shape index (κ2) is 12.4. The van der Waals surface area contributed by atoms with Crippen molar-refractivity contribution in [1.82, 2.24) is 24.4 Å². The van der Waals surface area contributed by atoms with E-state index in [1.165, 1.54) is 6.07 Å². The molecule has 2 fully saturated rings. The minimum absolute atomic E-state index is 0.0572. The van der Waals surface area contributed by atoms with Crippen molar-refractivity contribution in [3.05, 3.63) is 87.5 Å². The number of piperidine rings is 1. The van der Waals surface area contributed by atoms with Crippen LogP contribution in [0.2, 0.25) is 0 Å². The Kier molecular flexibility index (Phi) is 8.43. The van der Waals surface area contributed by atoms with Gasteiger partial charge in [0.25, 0.3) is 0 Å². The van der Waals surface area contributed by atoms with Gasteiger partial charge in [-0.15, -0.1) is 0 Å². The zero-order valence-corrected chi connectivity index (χ0v) is 25.8. The molecule has 2 saturated heterocycles. The minimum atomic E-state index is -0.419. The molecule has 6 heterocycles. The maximum atomic E-state index is 15.4. The topological polar surface area (TPSA) is 70.4 Å². The first kappa shape index (κ1) is 29.2. The van der Waals surface area contributed by atoms with E-state index in [9.17, 15) is 4.79 Å². The summed E-state index contributed by atoms with van der Waals surface area (Å²) in [6.45, 7) is 12.7. The lowest BCUT2D eigenvalue weighted by Gasteiger charge is -2.40. The van der Waals surface area contributed by atoms with E-state index in [0.29, 0.717) is 35.5 Å². The highest BCUT2D eigenvalue weighted by atomic mass is 19.1. The van der Waals surface area contributed by atoms with E-state index in [2.05, 4.69) is 57.9 Å². The van der Waals surface area contributed by atoms with Gasteiger partial charge < -0.3 is 14.4 Å². The molecule has 226 valence electrons. The number of hydrogen-bond donors (Lipinski definition) is 0. The van der Waals surface area contributed by atoms with Gasteiger partial charge in [0.15, 0.2) is 17.1 Å². The van der Waals surface area contributed by atoms with Crippen LogP contribution in [-0.2, 0) is 13.1 Å². The van der Waals surface area contributed by atoms with E-state index in [0.717, 1.165) is 74.5 Å². The van der Waals surface area contributed by atoms with Crippen LogP contribution in [0.1, 0.15) is 68.1 Å². The molecule has 4 aromatic rings. The molecule has 0 spiro atoms. The fraction of sp³-hybridized carbons (Fsp3) is 0.471. The van der Waals surface area contributed by atoms with Crippen LogP contribution >= 0.6 is 0 Å². The monoisotopic (exact) mass is 583 g/mol. The third kappa shape index (κ3) is 6.27. The van der Waals surface area contributed by atoms with E-state index in [1.807, 2.05) is 41.9 Å². The van der Waals surface area contributed by atoms with Crippen LogP contribution in [0.5, 0.6) is 0 Å². The summed E-state index contributed by atoms with van der Waals surface area (Å²) in [5.74, 6) is -0.0631. The molecule has 0 bridgehead atoms. The Morgan fingerprint density at radius 1 is 0.977 bits per heavy atom. The largest absolute Gasteiger partial charge is 0.369 e. The molecular formula is C34H42FN7O. The van der Waals surface area contributed by atoms with Crippen molar-refractivity contribution in [3.63, 3.8) is 0 Å². The average molecular weight is 584 g/mol. The fourth-order valence-electron chi connectivity index (χ4n) is 6.56. The van der Waals surface area contributed by atoms with Crippen molar-refractivity contribution in [2.75, 3.05) is 36.0 Å². The quantitative estimate of drug-likeness (QED) is 0.260. The molecule has 2 aliphatic rings. The Balaban J connectivity index is 1.38. The Bertz CT molecular complexity index is 1650. The summed E-state index contributed by atoms with van der Waals surface area (Å²) in [6, 6.07) is 10.1. The molecule has 0 saturated carbocycles. The highest BCUT2D eigenvalue weighted by molar-refractivity contribution is 5.78. The first-order valence-electron chi connectivity index (χ1n) is 15.6. The van der Waals surface area contributed by atoms with Crippen LogP contribution in [0.25, 0.3) is 11.0 Å². The number of halogens is 1. The summed E-state index contributed by atoms with van der Waals surface area (Å²) in [5, 5.41) is 0.349. The number of hydrogen-bond acceptors (Lipinski definition) is 7. The van der Waals surface area contributed by atoms with E-state index in [4.69, 9.17) is 4.98 Å². The predicted octanol–water partition coefficient (Wildman–Crippen LogP) is 5.79. The Hall–Kier alpha value is -3.85. The summed E-state index contributed by atoms with van der Waals surface area (Å²) >= 11 is 0. The number of fused-ring (bicyclic) bond motifs is 1. The first-order valence-corrected chi connectivity index (χ1v) is 15.6. The molecular weight excluding hydrogens is 541 g/mol. The molecule has 4 aromatic heterocycles. The Morgan fingerprint density at radius 2 is 1.77 bits per heavy atom. The highest BCUT2D eigenvalue weighted by Crippen LogP contribution is 2.28. The van der Waals surface area contributed by atoms with Crippen LogP contribution < -0.4 is 15.2 Å². The molecule has 1 atom stereocenters. The van der Waals surface area contributed by atoms with Crippen LogP contribution in [0.3, 0.4) is 0 Å².